The second-order valence-electron chi connectivity index (χ2n) is 6.55. The molecule has 0 heterocycles. The van der Waals surface area contributed by atoms with Crippen LogP contribution in [0.15, 0.2) is 0 Å². The second kappa shape index (κ2) is 10.7. The third kappa shape index (κ3) is 7.97. The predicted octanol–water partition coefficient (Wildman–Crippen LogP) is -0.664. The quantitative estimate of drug-likeness (QED) is 0.329. The van der Waals surface area contributed by atoms with Gasteiger partial charge in [0.1, 0.15) is 12.1 Å². The van der Waals surface area contributed by atoms with E-state index in [-0.39, 0.29) is 24.7 Å². The molecule has 9 heteroatoms. The lowest BCUT2D eigenvalue weighted by atomic mass is 9.98. The van der Waals surface area contributed by atoms with Crippen LogP contribution in [0.25, 0.3) is 0 Å². The summed E-state index contributed by atoms with van der Waals surface area (Å²) in [5, 5.41) is 14.0. The third-order valence-corrected chi connectivity index (χ3v) is 4.10. The SMILES string of the molecule is CC[C@H](C)[C@H](N)C(=O)N[C@@H](CCC(N)=O)C(=O)N[C@H](C(=O)O)C(C)C. The maximum absolute atomic E-state index is 12.4. The first-order valence-electron chi connectivity index (χ1n) is 8.38. The van der Waals surface area contributed by atoms with E-state index in [1.165, 1.54) is 0 Å². The highest BCUT2D eigenvalue weighted by atomic mass is 16.4. The van der Waals surface area contributed by atoms with Gasteiger partial charge in [-0.25, -0.2) is 4.79 Å². The Kier molecular flexibility index (Phi) is 9.73. The summed E-state index contributed by atoms with van der Waals surface area (Å²) in [4.78, 5) is 46.8. The van der Waals surface area contributed by atoms with Crippen LogP contribution < -0.4 is 22.1 Å². The van der Waals surface area contributed by atoms with E-state index in [2.05, 4.69) is 10.6 Å². The van der Waals surface area contributed by atoms with Crippen LogP contribution >= 0.6 is 0 Å². The standard InChI is InChI=1S/C16H30N4O5/c1-5-9(4)12(18)15(23)19-10(6-7-11(17)21)14(22)20-13(8(2)3)16(24)25/h8-10,12-13H,5-7,18H2,1-4H3,(H2,17,21)(H,19,23)(H,20,22)(H,24,25)/t9-,10-,12-,13-/m0/s1. The van der Waals surface area contributed by atoms with Crippen LogP contribution in [0.2, 0.25) is 0 Å². The molecule has 0 spiro atoms. The van der Waals surface area contributed by atoms with Crippen LogP contribution in [0.5, 0.6) is 0 Å². The smallest absolute Gasteiger partial charge is 0.326 e. The Hall–Kier alpha value is -2.16. The third-order valence-electron chi connectivity index (χ3n) is 4.10. The van der Waals surface area contributed by atoms with Crippen molar-refractivity contribution in [2.75, 3.05) is 0 Å². The van der Waals surface area contributed by atoms with Gasteiger partial charge in [0.2, 0.25) is 17.7 Å². The van der Waals surface area contributed by atoms with Gasteiger partial charge in [-0.05, 0) is 18.3 Å². The van der Waals surface area contributed by atoms with Crippen molar-refractivity contribution >= 4 is 23.7 Å². The molecule has 0 aliphatic heterocycles. The molecule has 0 bridgehead atoms. The van der Waals surface area contributed by atoms with Gasteiger partial charge in [0, 0.05) is 6.42 Å². The van der Waals surface area contributed by atoms with Crippen molar-refractivity contribution in [1.82, 2.24) is 10.6 Å². The average Bonchev–Trinajstić information content (AvgIpc) is 2.53. The first-order chi connectivity index (χ1) is 11.5. The van der Waals surface area contributed by atoms with E-state index < -0.39 is 41.8 Å². The molecule has 144 valence electrons. The largest absolute Gasteiger partial charge is 0.480 e. The van der Waals surface area contributed by atoms with E-state index in [0.717, 1.165) is 0 Å². The molecular weight excluding hydrogens is 328 g/mol. The maximum Gasteiger partial charge on any atom is 0.326 e. The summed E-state index contributed by atoms with van der Waals surface area (Å²) in [6.07, 6.45) is 0.516. The fourth-order valence-electron chi connectivity index (χ4n) is 2.10. The van der Waals surface area contributed by atoms with Gasteiger partial charge >= 0.3 is 5.97 Å². The van der Waals surface area contributed by atoms with Crippen molar-refractivity contribution in [2.24, 2.45) is 23.3 Å². The molecule has 0 aliphatic rings. The highest BCUT2D eigenvalue weighted by Gasteiger charge is 2.30. The molecule has 0 unspecified atom stereocenters. The molecule has 0 aromatic heterocycles. The normalized spacial score (nSPS) is 15.8. The molecule has 0 aromatic carbocycles. The Bertz CT molecular complexity index is 495. The van der Waals surface area contributed by atoms with Gasteiger partial charge in [0.25, 0.3) is 0 Å². The minimum absolute atomic E-state index is 0.0371. The summed E-state index contributed by atoms with van der Waals surface area (Å²) in [6, 6.07) is -3.01. The summed E-state index contributed by atoms with van der Waals surface area (Å²) in [5.41, 5.74) is 10.9. The van der Waals surface area contributed by atoms with E-state index in [9.17, 15) is 24.3 Å². The topological polar surface area (TPSA) is 165 Å². The lowest BCUT2D eigenvalue weighted by molar-refractivity contribution is -0.143. The lowest BCUT2D eigenvalue weighted by Gasteiger charge is -2.25. The fraction of sp³-hybridized carbons (Fsp3) is 0.750. The zero-order valence-electron chi connectivity index (χ0n) is 15.2. The van der Waals surface area contributed by atoms with Crippen molar-refractivity contribution in [3.8, 4) is 0 Å². The van der Waals surface area contributed by atoms with Crippen molar-refractivity contribution in [2.45, 2.75) is 65.1 Å². The summed E-state index contributed by atoms with van der Waals surface area (Å²) >= 11 is 0. The molecule has 9 nitrogen and oxygen atoms in total. The number of rotatable bonds is 11. The monoisotopic (exact) mass is 358 g/mol. The van der Waals surface area contributed by atoms with Gasteiger partial charge in [0.15, 0.2) is 0 Å². The summed E-state index contributed by atoms with van der Waals surface area (Å²) < 4.78 is 0. The summed E-state index contributed by atoms with van der Waals surface area (Å²) in [5.74, 6) is -3.47. The fourth-order valence-corrected chi connectivity index (χ4v) is 2.10. The molecule has 0 aromatic rings. The lowest BCUT2D eigenvalue weighted by Crippen LogP contribution is -2.56. The number of amides is 3. The Labute approximate surface area is 147 Å². The summed E-state index contributed by atoms with van der Waals surface area (Å²) in [6.45, 7) is 6.99. The highest BCUT2D eigenvalue weighted by Crippen LogP contribution is 2.08. The number of nitrogens with two attached hydrogens (primary N) is 2. The number of carboxylic acids is 1. The van der Waals surface area contributed by atoms with E-state index in [0.29, 0.717) is 6.42 Å². The van der Waals surface area contributed by atoms with E-state index in [1.54, 1.807) is 13.8 Å². The highest BCUT2D eigenvalue weighted by molar-refractivity contribution is 5.92. The van der Waals surface area contributed by atoms with Gasteiger partial charge < -0.3 is 27.2 Å². The van der Waals surface area contributed by atoms with Gasteiger partial charge in [-0.15, -0.1) is 0 Å². The molecule has 0 radical (unpaired) electrons. The number of nitrogens with one attached hydrogen (secondary N) is 2. The van der Waals surface area contributed by atoms with Crippen LogP contribution in [0.4, 0.5) is 0 Å². The molecule has 25 heavy (non-hydrogen) atoms. The van der Waals surface area contributed by atoms with Crippen molar-refractivity contribution in [3.63, 3.8) is 0 Å². The molecule has 7 N–H and O–H groups in total. The van der Waals surface area contributed by atoms with Gasteiger partial charge in [-0.2, -0.15) is 0 Å². The zero-order chi connectivity index (χ0) is 19.7. The molecule has 0 saturated carbocycles. The van der Waals surface area contributed by atoms with Crippen LogP contribution in [-0.4, -0.2) is 46.9 Å². The number of carbonyl (C=O) groups excluding carboxylic acids is 3. The second-order valence-corrected chi connectivity index (χ2v) is 6.55. The van der Waals surface area contributed by atoms with Crippen LogP contribution in [0.1, 0.15) is 47.0 Å². The van der Waals surface area contributed by atoms with Crippen LogP contribution in [0.3, 0.4) is 0 Å². The van der Waals surface area contributed by atoms with Crippen LogP contribution in [-0.2, 0) is 19.2 Å². The average molecular weight is 358 g/mol. The van der Waals surface area contributed by atoms with Gasteiger partial charge in [-0.3, -0.25) is 14.4 Å². The number of hydrogen-bond acceptors (Lipinski definition) is 5. The Morgan fingerprint density at radius 3 is 2.00 bits per heavy atom. The summed E-state index contributed by atoms with van der Waals surface area (Å²) in [7, 11) is 0. The number of primary amides is 1. The predicted molar refractivity (Wildman–Crippen MR) is 92.2 cm³/mol. The molecule has 3 amide bonds. The van der Waals surface area contributed by atoms with Gasteiger partial charge in [0.05, 0.1) is 6.04 Å². The van der Waals surface area contributed by atoms with E-state index in [1.807, 2.05) is 13.8 Å². The maximum atomic E-state index is 12.4. The minimum atomic E-state index is -1.18. The number of carbonyl (C=O) groups is 4. The minimum Gasteiger partial charge on any atom is -0.480 e. The first-order valence-corrected chi connectivity index (χ1v) is 8.38. The Morgan fingerprint density at radius 1 is 1.04 bits per heavy atom. The Morgan fingerprint density at radius 2 is 1.60 bits per heavy atom. The van der Waals surface area contributed by atoms with Crippen molar-refractivity contribution < 1.29 is 24.3 Å². The molecule has 0 saturated heterocycles. The molecule has 0 aliphatic carbocycles. The molecular formula is C16H30N4O5. The van der Waals surface area contributed by atoms with Gasteiger partial charge in [-0.1, -0.05) is 34.1 Å². The number of hydrogen-bond donors (Lipinski definition) is 5. The zero-order valence-corrected chi connectivity index (χ0v) is 15.2. The van der Waals surface area contributed by atoms with Crippen molar-refractivity contribution in [3.05, 3.63) is 0 Å². The van der Waals surface area contributed by atoms with Crippen molar-refractivity contribution in [1.29, 1.82) is 0 Å². The van der Waals surface area contributed by atoms with E-state index in [4.69, 9.17) is 11.5 Å². The first kappa shape index (κ1) is 22.8. The van der Waals surface area contributed by atoms with Crippen LogP contribution in [0, 0.1) is 11.8 Å². The van der Waals surface area contributed by atoms with E-state index >= 15 is 0 Å². The number of aliphatic carboxylic acids is 1. The Balaban J connectivity index is 5.14. The molecule has 0 fully saturated rings. The molecule has 0 rings (SSSR count). The molecule has 4 atom stereocenters. The number of carboxylic acid groups (broad SMARTS) is 1.